The summed E-state index contributed by atoms with van der Waals surface area (Å²) in [5.41, 5.74) is 0.0193. The topological polar surface area (TPSA) is 50.3 Å². The zero-order chi connectivity index (χ0) is 13.2. The molecular weight excluding hydrogens is 248 g/mol. The van der Waals surface area contributed by atoms with Crippen molar-refractivity contribution in [3.05, 3.63) is 5.82 Å². The van der Waals surface area contributed by atoms with Crippen LogP contribution < -0.4 is 10.2 Å². The maximum absolute atomic E-state index is 5.70. The summed E-state index contributed by atoms with van der Waals surface area (Å²) in [5.74, 6) is 0.930. The molecular formula is C12H22N4OS. The van der Waals surface area contributed by atoms with Gasteiger partial charge >= 0.3 is 0 Å². The van der Waals surface area contributed by atoms with Gasteiger partial charge in [0.1, 0.15) is 5.82 Å². The molecule has 2 rings (SSSR count). The molecule has 6 heteroatoms. The van der Waals surface area contributed by atoms with Crippen molar-refractivity contribution in [1.82, 2.24) is 14.7 Å². The number of likely N-dealkylation sites (N-methyl/N-ethyl adjacent to an activating group) is 1. The van der Waals surface area contributed by atoms with E-state index in [1.54, 1.807) is 0 Å². The van der Waals surface area contributed by atoms with Crippen molar-refractivity contribution >= 4 is 16.7 Å². The summed E-state index contributed by atoms with van der Waals surface area (Å²) < 4.78 is 10.2. The normalized spacial score (nSPS) is 21.3. The van der Waals surface area contributed by atoms with E-state index in [0.717, 1.165) is 37.2 Å². The number of aromatic nitrogens is 2. The molecule has 1 aromatic heterocycles. The van der Waals surface area contributed by atoms with E-state index in [0.29, 0.717) is 0 Å². The highest BCUT2D eigenvalue weighted by Crippen LogP contribution is 2.26. The molecule has 1 unspecified atom stereocenters. The lowest BCUT2D eigenvalue weighted by atomic mass is 9.96. The predicted molar refractivity (Wildman–Crippen MR) is 74.5 cm³/mol. The summed E-state index contributed by atoms with van der Waals surface area (Å²) in [5, 5.41) is 4.17. The quantitative estimate of drug-likeness (QED) is 0.896. The van der Waals surface area contributed by atoms with Gasteiger partial charge in [-0.15, -0.1) is 0 Å². The van der Waals surface area contributed by atoms with Crippen molar-refractivity contribution in [2.45, 2.75) is 32.3 Å². The van der Waals surface area contributed by atoms with Crippen LogP contribution >= 0.6 is 11.5 Å². The standard InChI is InChI=1S/C12H22N4OS/c1-12(2,3)10-14-11(18-15-10)16-5-6-17-9(8-16)7-13-4/h9,13H,5-8H2,1-4H3. The third-order valence-electron chi connectivity index (χ3n) is 2.93. The third kappa shape index (κ3) is 3.18. The van der Waals surface area contributed by atoms with E-state index >= 15 is 0 Å². The molecule has 1 saturated heterocycles. The van der Waals surface area contributed by atoms with Crippen LogP contribution in [0.15, 0.2) is 0 Å². The summed E-state index contributed by atoms with van der Waals surface area (Å²) in [4.78, 5) is 6.93. The Kier molecular flexibility index (Phi) is 4.19. The smallest absolute Gasteiger partial charge is 0.205 e. The second-order valence-electron chi connectivity index (χ2n) is 5.65. The Balaban J connectivity index is 2.05. The van der Waals surface area contributed by atoms with E-state index < -0.39 is 0 Å². The molecule has 102 valence electrons. The molecule has 1 atom stereocenters. The number of hydrogen-bond donors (Lipinski definition) is 1. The molecule has 2 heterocycles. The first-order chi connectivity index (χ1) is 8.50. The van der Waals surface area contributed by atoms with Crippen LogP contribution in [0, 0.1) is 0 Å². The fourth-order valence-electron chi connectivity index (χ4n) is 1.89. The first-order valence-electron chi connectivity index (χ1n) is 6.36. The van der Waals surface area contributed by atoms with Crippen molar-refractivity contribution in [3.8, 4) is 0 Å². The van der Waals surface area contributed by atoms with Crippen molar-refractivity contribution in [3.63, 3.8) is 0 Å². The lowest BCUT2D eigenvalue weighted by Crippen LogP contribution is -2.46. The maximum atomic E-state index is 5.70. The Labute approximate surface area is 113 Å². The van der Waals surface area contributed by atoms with Crippen molar-refractivity contribution < 1.29 is 4.74 Å². The summed E-state index contributed by atoms with van der Waals surface area (Å²) in [6.07, 6.45) is 0.241. The second-order valence-corrected chi connectivity index (χ2v) is 6.38. The average molecular weight is 270 g/mol. The molecule has 0 bridgehead atoms. The Morgan fingerprint density at radius 3 is 2.89 bits per heavy atom. The number of hydrogen-bond acceptors (Lipinski definition) is 6. The molecule has 0 radical (unpaired) electrons. The average Bonchev–Trinajstić information content (AvgIpc) is 2.78. The number of anilines is 1. The van der Waals surface area contributed by atoms with Crippen molar-refractivity contribution in [2.24, 2.45) is 0 Å². The first kappa shape index (κ1) is 13.7. The fraction of sp³-hybridized carbons (Fsp3) is 0.833. The lowest BCUT2D eigenvalue weighted by Gasteiger charge is -2.32. The van der Waals surface area contributed by atoms with Gasteiger partial charge in [-0.2, -0.15) is 4.37 Å². The van der Waals surface area contributed by atoms with Gasteiger partial charge in [0.15, 0.2) is 0 Å². The number of rotatable bonds is 3. The van der Waals surface area contributed by atoms with Gasteiger partial charge in [-0.3, -0.25) is 0 Å². The van der Waals surface area contributed by atoms with E-state index in [4.69, 9.17) is 4.74 Å². The predicted octanol–water partition coefficient (Wildman–Crippen LogP) is 1.26. The first-order valence-corrected chi connectivity index (χ1v) is 7.13. The molecule has 1 aliphatic rings. The van der Waals surface area contributed by atoms with E-state index in [9.17, 15) is 0 Å². The largest absolute Gasteiger partial charge is 0.373 e. The third-order valence-corrected chi connectivity index (χ3v) is 3.70. The molecule has 1 aromatic rings. The lowest BCUT2D eigenvalue weighted by molar-refractivity contribution is 0.0421. The summed E-state index contributed by atoms with van der Waals surface area (Å²) in [6.45, 7) is 9.85. The molecule has 0 spiro atoms. The van der Waals surface area contributed by atoms with Gasteiger partial charge in [0.05, 0.1) is 12.7 Å². The van der Waals surface area contributed by atoms with Gasteiger partial charge in [0.25, 0.3) is 0 Å². The van der Waals surface area contributed by atoms with Crippen LogP contribution in [0.3, 0.4) is 0 Å². The van der Waals surface area contributed by atoms with Gasteiger partial charge in [0.2, 0.25) is 5.13 Å². The number of ether oxygens (including phenoxy) is 1. The number of nitrogens with one attached hydrogen (secondary N) is 1. The molecule has 18 heavy (non-hydrogen) atoms. The van der Waals surface area contributed by atoms with Crippen LogP contribution in [0.25, 0.3) is 0 Å². The number of nitrogens with zero attached hydrogens (tertiary/aromatic N) is 3. The molecule has 0 amide bonds. The van der Waals surface area contributed by atoms with Gasteiger partial charge in [-0.1, -0.05) is 20.8 Å². The van der Waals surface area contributed by atoms with Crippen LogP contribution in [0.5, 0.6) is 0 Å². The van der Waals surface area contributed by atoms with E-state index in [1.165, 1.54) is 11.5 Å². The van der Waals surface area contributed by atoms with Gasteiger partial charge in [-0.25, -0.2) is 4.98 Å². The van der Waals surface area contributed by atoms with E-state index in [-0.39, 0.29) is 11.5 Å². The van der Waals surface area contributed by atoms with Crippen LogP contribution in [-0.4, -0.2) is 48.8 Å². The fourth-order valence-corrected chi connectivity index (χ4v) is 2.78. The molecule has 5 nitrogen and oxygen atoms in total. The van der Waals surface area contributed by atoms with Crippen molar-refractivity contribution in [2.75, 3.05) is 38.2 Å². The molecule has 0 aliphatic carbocycles. The summed E-state index contributed by atoms with van der Waals surface area (Å²) >= 11 is 1.49. The summed E-state index contributed by atoms with van der Waals surface area (Å²) in [6, 6.07) is 0. The minimum atomic E-state index is 0.0193. The van der Waals surface area contributed by atoms with Gasteiger partial charge in [-0.05, 0) is 7.05 Å². The van der Waals surface area contributed by atoms with Crippen LogP contribution in [0.1, 0.15) is 26.6 Å². The minimum Gasteiger partial charge on any atom is -0.373 e. The monoisotopic (exact) mass is 270 g/mol. The van der Waals surface area contributed by atoms with Gasteiger partial charge in [0, 0.05) is 36.6 Å². The van der Waals surface area contributed by atoms with Crippen molar-refractivity contribution in [1.29, 1.82) is 0 Å². The molecule has 0 saturated carbocycles. The Morgan fingerprint density at radius 1 is 1.50 bits per heavy atom. The van der Waals surface area contributed by atoms with E-state index in [2.05, 4.69) is 40.3 Å². The van der Waals surface area contributed by atoms with Crippen LogP contribution in [0.2, 0.25) is 0 Å². The zero-order valence-corrected chi connectivity index (χ0v) is 12.4. The van der Waals surface area contributed by atoms with E-state index in [1.807, 2.05) is 7.05 Å². The molecule has 1 N–H and O–H groups in total. The Bertz CT molecular complexity index is 386. The molecule has 1 aliphatic heterocycles. The SMILES string of the molecule is CNCC1CN(c2nc(C(C)(C)C)ns2)CCO1. The molecule has 0 aromatic carbocycles. The zero-order valence-electron chi connectivity index (χ0n) is 11.6. The highest BCUT2D eigenvalue weighted by atomic mass is 32.1. The summed E-state index contributed by atoms with van der Waals surface area (Å²) in [7, 11) is 1.95. The highest BCUT2D eigenvalue weighted by Gasteiger charge is 2.25. The molecule has 1 fully saturated rings. The Hall–Kier alpha value is -0.720. The second kappa shape index (κ2) is 5.50. The number of morpholine rings is 1. The van der Waals surface area contributed by atoms with Crippen LogP contribution in [-0.2, 0) is 10.2 Å². The van der Waals surface area contributed by atoms with Gasteiger partial charge < -0.3 is 15.0 Å². The Morgan fingerprint density at radius 2 is 2.28 bits per heavy atom. The maximum Gasteiger partial charge on any atom is 0.205 e. The minimum absolute atomic E-state index is 0.0193. The van der Waals surface area contributed by atoms with Crippen LogP contribution in [0.4, 0.5) is 5.13 Å². The highest BCUT2D eigenvalue weighted by molar-refractivity contribution is 7.09.